The smallest absolute Gasteiger partial charge is 0.243 e. The third kappa shape index (κ3) is 4.08. The maximum Gasteiger partial charge on any atom is 0.243 e. The van der Waals surface area contributed by atoms with Gasteiger partial charge in [0.15, 0.2) is 0 Å². The van der Waals surface area contributed by atoms with Gasteiger partial charge in [-0.05, 0) is 46.3 Å². The number of likely N-dealkylation sites (N-methyl/N-ethyl adjacent to an activating group) is 1. The van der Waals surface area contributed by atoms with E-state index in [2.05, 4.69) is 37.2 Å². The van der Waals surface area contributed by atoms with Gasteiger partial charge in [-0.15, -0.1) is 0 Å². The normalized spacial score (nSPS) is 10.2. The number of anilines is 2. The fraction of sp³-hybridized carbons (Fsp3) is 0.133. The van der Waals surface area contributed by atoms with Crippen molar-refractivity contribution in [3.05, 3.63) is 57.5 Å². The summed E-state index contributed by atoms with van der Waals surface area (Å²) in [5.74, 6) is -0.0561. The zero-order valence-electron chi connectivity index (χ0n) is 10.9. The third-order valence-corrected chi connectivity index (χ3v) is 3.93. The van der Waals surface area contributed by atoms with Crippen LogP contribution < -0.4 is 10.2 Å². The summed E-state index contributed by atoms with van der Waals surface area (Å²) in [7, 11) is 1.89. The maximum absolute atomic E-state index is 12.0. The minimum atomic E-state index is -0.0561. The Bertz CT molecular complexity index is 602. The summed E-state index contributed by atoms with van der Waals surface area (Å²) in [5, 5.41) is 2.89. The zero-order valence-corrected chi connectivity index (χ0v) is 14.1. The van der Waals surface area contributed by atoms with Gasteiger partial charge in [0.1, 0.15) is 0 Å². The Kier molecular flexibility index (Phi) is 5.20. The predicted octanol–water partition coefficient (Wildman–Crippen LogP) is 4.29. The van der Waals surface area contributed by atoms with Crippen molar-refractivity contribution in [1.82, 2.24) is 0 Å². The van der Waals surface area contributed by atoms with Crippen LogP contribution in [0.1, 0.15) is 0 Å². The molecule has 0 unspecified atom stereocenters. The first-order chi connectivity index (χ1) is 9.56. The summed E-state index contributed by atoms with van der Waals surface area (Å²) in [5.41, 5.74) is 1.78. The Morgan fingerprint density at radius 2 is 1.85 bits per heavy atom. The molecule has 0 atom stereocenters. The summed E-state index contributed by atoms with van der Waals surface area (Å²) in [6, 6.07) is 15.5. The van der Waals surface area contributed by atoms with Crippen LogP contribution in [0.3, 0.4) is 0 Å². The number of nitrogens with zero attached hydrogens (tertiary/aromatic N) is 1. The maximum atomic E-state index is 12.0. The lowest BCUT2D eigenvalue weighted by atomic mass is 10.3. The molecule has 0 fully saturated rings. The molecule has 0 aliphatic carbocycles. The van der Waals surface area contributed by atoms with Gasteiger partial charge in [-0.2, -0.15) is 0 Å². The van der Waals surface area contributed by atoms with Crippen molar-refractivity contribution in [1.29, 1.82) is 0 Å². The lowest BCUT2D eigenvalue weighted by Crippen LogP contribution is -2.30. The molecule has 0 aliphatic heterocycles. The lowest BCUT2D eigenvalue weighted by molar-refractivity contribution is -0.114. The van der Waals surface area contributed by atoms with Gasteiger partial charge in [0.25, 0.3) is 0 Å². The van der Waals surface area contributed by atoms with E-state index in [0.717, 1.165) is 20.3 Å². The summed E-state index contributed by atoms with van der Waals surface area (Å²) in [4.78, 5) is 14.0. The third-order valence-electron chi connectivity index (χ3n) is 2.78. The van der Waals surface area contributed by atoms with Gasteiger partial charge in [-0.3, -0.25) is 4.79 Å². The van der Waals surface area contributed by atoms with Crippen LogP contribution in [-0.4, -0.2) is 19.5 Å². The SMILES string of the molecule is CN(CC(=O)Nc1ccc(Br)cc1Br)c1ccccc1. The largest absolute Gasteiger partial charge is 0.365 e. The van der Waals surface area contributed by atoms with Crippen LogP contribution in [0, 0.1) is 0 Å². The lowest BCUT2D eigenvalue weighted by Gasteiger charge is -2.18. The Hall–Kier alpha value is -1.33. The topological polar surface area (TPSA) is 32.3 Å². The highest BCUT2D eigenvalue weighted by atomic mass is 79.9. The van der Waals surface area contributed by atoms with Crippen LogP contribution >= 0.6 is 31.9 Å². The molecular formula is C15H14Br2N2O. The van der Waals surface area contributed by atoms with Crippen molar-refractivity contribution in [2.24, 2.45) is 0 Å². The van der Waals surface area contributed by atoms with Gasteiger partial charge in [0, 0.05) is 21.7 Å². The van der Waals surface area contributed by atoms with Gasteiger partial charge >= 0.3 is 0 Å². The van der Waals surface area contributed by atoms with Crippen LogP contribution in [0.5, 0.6) is 0 Å². The van der Waals surface area contributed by atoms with Crippen molar-refractivity contribution in [3.8, 4) is 0 Å². The van der Waals surface area contributed by atoms with Crippen molar-refractivity contribution in [3.63, 3.8) is 0 Å². The zero-order chi connectivity index (χ0) is 14.5. The molecule has 2 aromatic rings. The highest BCUT2D eigenvalue weighted by Crippen LogP contribution is 2.26. The van der Waals surface area contributed by atoms with E-state index in [1.807, 2.05) is 60.5 Å². The monoisotopic (exact) mass is 396 g/mol. The average Bonchev–Trinajstić information content (AvgIpc) is 2.43. The fourth-order valence-corrected chi connectivity index (χ4v) is 2.92. The van der Waals surface area contributed by atoms with E-state index in [0.29, 0.717) is 6.54 Å². The number of nitrogens with one attached hydrogen (secondary N) is 1. The summed E-state index contributed by atoms with van der Waals surface area (Å²) in [6.07, 6.45) is 0. The van der Waals surface area contributed by atoms with Crippen molar-refractivity contribution >= 4 is 49.1 Å². The van der Waals surface area contributed by atoms with E-state index in [4.69, 9.17) is 0 Å². The van der Waals surface area contributed by atoms with Crippen LogP contribution in [-0.2, 0) is 4.79 Å². The number of hydrogen-bond acceptors (Lipinski definition) is 2. The molecule has 0 saturated heterocycles. The number of carbonyl (C=O) groups is 1. The molecule has 2 rings (SSSR count). The number of hydrogen-bond donors (Lipinski definition) is 1. The number of benzene rings is 2. The van der Waals surface area contributed by atoms with Crippen LogP contribution in [0.2, 0.25) is 0 Å². The number of rotatable bonds is 4. The van der Waals surface area contributed by atoms with Gasteiger partial charge in [-0.25, -0.2) is 0 Å². The van der Waals surface area contributed by atoms with E-state index in [1.54, 1.807) is 0 Å². The molecule has 2 aromatic carbocycles. The molecule has 0 saturated carbocycles. The van der Waals surface area contributed by atoms with Crippen molar-refractivity contribution < 1.29 is 4.79 Å². The average molecular weight is 398 g/mol. The van der Waals surface area contributed by atoms with Crippen LogP contribution in [0.4, 0.5) is 11.4 Å². The van der Waals surface area contributed by atoms with Gasteiger partial charge < -0.3 is 10.2 Å². The molecule has 3 nitrogen and oxygen atoms in total. The summed E-state index contributed by atoms with van der Waals surface area (Å²) < 4.78 is 1.81. The second-order valence-corrected chi connectivity index (χ2v) is 6.13. The molecular weight excluding hydrogens is 384 g/mol. The predicted molar refractivity (Wildman–Crippen MR) is 90.2 cm³/mol. The Morgan fingerprint density at radius 3 is 2.50 bits per heavy atom. The van der Waals surface area contributed by atoms with Crippen LogP contribution in [0.15, 0.2) is 57.5 Å². The van der Waals surface area contributed by atoms with E-state index in [-0.39, 0.29) is 5.91 Å². The summed E-state index contributed by atoms with van der Waals surface area (Å²) >= 11 is 6.81. The number of amides is 1. The first-order valence-corrected chi connectivity index (χ1v) is 7.66. The molecule has 0 spiro atoms. The minimum absolute atomic E-state index is 0.0561. The molecule has 20 heavy (non-hydrogen) atoms. The first-order valence-electron chi connectivity index (χ1n) is 6.07. The Morgan fingerprint density at radius 1 is 1.15 bits per heavy atom. The van der Waals surface area contributed by atoms with Gasteiger partial charge in [0.05, 0.1) is 12.2 Å². The molecule has 1 amide bonds. The Labute approximate surface area is 135 Å². The fourth-order valence-electron chi connectivity index (χ4n) is 1.77. The summed E-state index contributed by atoms with van der Waals surface area (Å²) in [6.45, 7) is 0.298. The molecule has 0 aliphatic rings. The molecule has 0 bridgehead atoms. The quantitative estimate of drug-likeness (QED) is 0.834. The second-order valence-electron chi connectivity index (χ2n) is 4.36. The minimum Gasteiger partial charge on any atom is -0.365 e. The van der Waals surface area contributed by atoms with E-state index in [9.17, 15) is 4.79 Å². The highest BCUT2D eigenvalue weighted by Gasteiger charge is 2.09. The Balaban J connectivity index is 1.99. The second kappa shape index (κ2) is 6.90. The molecule has 104 valence electrons. The molecule has 0 radical (unpaired) electrons. The molecule has 1 N–H and O–H groups in total. The van der Waals surface area contributed by atoms with E-state index in [1.165, 1.54) is 0 Å². The standard InChI is InChI=1S/C15H14Br2N2O/c1-19(12-5-3-2-4-6-12)10-15(20)18-14-8-7-11(16)9-13(14)17/h2-9H,10H2,1H3,(H,18,20). The van der Waals surface area contributed by atoms with E-state index < -0.39 is 0 Å². The van der Waals surface area contributed by atoms with E-state index >= 15 is 0 Å². The van der Waals surface area contributed by atoms with Gasteiger partial charge in [0.2, 0.25) is 5.91 Å². The van der Waals surface area contributed by atoms with Gasteiger partial charge in [-0.1, -0.05) is 34.1 Å². The van der Waals surface area contributed by atoms with Crippen molar-refractivity contribution in [2.75, 3.05) is 23.8 Å². The van der Waals surface area contributed by atoms with Crippen molar-refractivity contribution in [2.45, 2.75) is 0 Å². The number of halogens is 2. The van der Waals surface area contributed by atoms with Crippen LogP contribution in [0.25, 0.3) is 0 Å². The first kappa shape index (κ1) is 15.1. The number of carbonyl (C=O) groups excluding carboxylic acids is 1. The molecule has 0 heterocycles. The number of para-hydroxylation sites is 1. The highest BCUT2D eigenvalue weighted by molar-refractivity contribution is 9.11. The molecule has 0 aromatic heterocycles. The molecule has 5 heteroatoms.